The zero-order valence-electron chi connectivity index (χ0n) is 7.04. The molecule has 4 nitrogen and oxygen atoms in total. The van der Waals surface area contributed by atoms with E-state index in [1.54, 1.807) is 0 Å². The Kier molecular flexibility index (Phi) is 2.85. The van der Waals surface area contributed by atoms with E-state index < -0.39 is 0 Å². The number of hydrogen-bond donors (Lipinski definition) is 1. The van der Waals surface area contributed by atoms with Gasteiger partial charge in [0.15, 0.2) is 0 Å². The number of nitrogens with zero attached hydrogens (tertiary/aromatic N) is 1. The Morgan fingerprint density at radius 3 is 2.83 bits per heavy atom. The van der Waals surface area contributed by atoms with Crippen LogP contribution in [0.3, 0.4) is 0 Å². The van der Waals surface area contributed by atoms with Gasteiger partial charge in [0, 0.05) is 18.8 Å². The molecule has 1 aromatic heterocycles. The summed E-state index contributed by atoms with van der Waals surface area (Å²) in [5.41, 5.74) is -0.553. The van der Waals surface area contributed by atoms with Gasteiger partial charge in [-0.3, -0.25) is 9.36 Å². The Labute approximate surface area is 69.9 Å². The number of rotatable bonds is 3. The SMILES string of the molecule is CCCCn1c(=O)cc[nH]c1=O. The van der Waals surface area contributed by atoms with Crippen LogP contribution in [-0.2, 0) is 6.54 Å². The second kappa shape index (κ2) is 3.90. The normalized spacial score (nSPS) is 10.1. The van der Waals surface area contributed by atoms with Gasteiger partial charge in [0.2, 0.25) is 0 Å². The second-order valence-electron chi connectivity index (χ2n) is 2.63. The third kappa shape index (κ3) is 1.84. The number of hydrogen-bond acceptors (Lipinski definition) is 2. The average molecular weight is 168 g/mol. The van der Waals surface area contributed by atoms with E-state index in [2.05, 4.69) is 4.98 Å². The predicted octanol–water partition coefficient (Wildman–Crippen LogP) is 0.337. The molecule has 1 rings (SSSR count). The van der Waals surface area contributed by atoms with Gasteiger partial charge < -0.3 is 4.98 Å². The van der Waals surface area contributed by atoms with Crippen LogP contribution in [0.15, 0.2) is 21.9 Å². The first kappa shape index (κ1) is 8.77. The molecule has 0 spiro atoms. The predicted molar refractivity (Wildman–Crippen MR) is 46.2 cm³/mol. The fourth-order valence-corrected chi connectivity index (χ4v) is 0.980. The number of aromatic amines is 1. The molecule has 0 radical (unpaired) electrons. The second-order valence-corrected chi connectivity index (χ2v) is 2.63. The van der Waals surface area contributed by atoms with Crippen molar-refractivity contribution in [1.29, 1.82) is 0 Å². The van der Waals surface area contributed by atoms with Gasteiger partial charge in [-0.15, -0.1) is 0 Å². The molecule has 1 heterocycles. The Morgan fingerprint density at radius 2 is 2.25 bits per heavy atom. The first-order valence-corrected chi connectivity index (χ1v) is 4.04. The van der Waals surface area contributed by atoms with Crippen molar-refractivity contribution >= 4 is 0 Å². The topological polar surface area (TPSA) is 54.9 Å². The molecule has 0 aliphatic carbocycles. The largest absolute Gasteiger partial charge is 0.328 e. The minimum absolute atomic E-state index is 0.229. The summed E-state index contributed by atoms with van der Waals surface area (Å²) in [5, 5.41) is 0. The van der Waals surface area contributed by atoms with Gasteiger partial charge >= 0.3 is 5.69 Å². The highest BCUT2D eigenvalue weighted by molar-refractivity contribution is 4.82. The van der Waals surface area contributed by atoms with Gasteiger partial charge in [0.1, 0.15) is 0 Å². The zero-order chi connectivity index (χ0) is 8.97. The number of unbranched alkanes of at least 4 members (excludes halogenated alkanes) is 1. The Balaban J connectivity index is 2.97. The summed E-state index contributed by atoms with van der Waals surface area (Å²) >= 11 is 0. The number of H-pyrrole nitrogens is 1. The molecule has 1 N–H and O–H groups in total. The summed E-state index contributed by atoms with van der Waals surface area (Å²) in [6.07, 6.45) is 3.20. The van der Waals surface area contributed by atoms with Gasteiger partial charge in [-0.1, -0.05) is 13.3 Å². The number of aromatic nitrogens is 2. The summed E-state index contributed by atoms with van der Waals surface area (Å²) < 4.78 is 1.21. The smallest absolute Gasteiger partial charge is 0.314 e. The highest BCUT2D eigenvalue weighted by Gasteiger charge is 1.97. The van der Waals surface area contributed by atoms with Gasteiger partial charge in [0.25, 0.3) is 5.56 Å². The minimum atomic E-state index is -0.323. The minimum Gasteiger partial charge on any atom is -0.314 e. The maximum Gasteiger partial charge on any atom is 0.328 e. The van der Waals surface area contributed by atoms with Gasteiger partial charge in [-0.2, -0.15) is 0 Å². The van der Waals surface area contributed by atoms with Crippen LogP contribution in [-0.4, -0.2) is 9.55 Å². The molecule has 4 heteroatoms. The lowest BCUT2D eigenvalue weighted by molar-refractivity contribution is 0.583. The molecule has 0 aliphatic rings. The highest BCUT2D eigenvalue weighted by Crippen LogP contribution is 1.86. The van der Waals surface area contributed by atoms with Crippen molar-refractivity contribution in [1.82, 2.24) is 9.55 Å². The lowest BCUT2D eigenvalue weighted by Gasteiger charge is -2.00. The van der Waals surface area contributed by atoms with E-state index in [9.17, 15) is 9.59 Å². The molecule has 0 fully saturated rings. The molecule has 0 aliphatic heterocycles. The van der Waals surface area contributed by atoms with Gasteiger partial charge in [-0.25, -0.2) is 4.79 Å². The molecule has 0 unspecified atom stereocenters. The van der Waals surface area contributed by atoms with E-state index >= 15 is 0 Å². The Hall–Kier alpha value is -1.32. The first-order chi connectivity index (χ1) is 5.75. The lowest BCUT2D eigenvalue weighted by atomic mass is 10.3. The molecule has 0 bridgehead atoms. The highest BCUT2D eigenvalue weighted by atomic mass is 16.2. The van der Waals surface area contributed by atoms with Crippen LogP contribution in [0.5, 0.6) is 0 Å². The Morgan fingerprint density at radius 1 is 1.50 bits per heavy atom. The van der Waals surface area contributed by atoms with Crippen molar-refractivity contribution < 1.29 is 0 Å². The summed E-state index contributed by atoms with van der Waals surface area (Å²) in [5.74, 6) is 0. The van der Waals surface area contributed by atoms with Crippen molar-refractivity contribution in [3.8, 4) is 0 Å². The van der Waals surface area contributed by atoms with Crippen molar-refractivity contribution in [2.75, 3.05) is 0 Å². The van der Waals surface area contributed by atoms with Crippen LogP contribution < -0.4 is 11.2 Å². The van der Waals surface area contributed by atoms with E-state index in [1.165, 1.54) is 16.8 Å². The molecule has 0 saturated carbocycles. The standard InChI is InChI=1S/C8H12N2O2/c1-2-3-6-10-7(11)4-5-9-8(10)12/h4-5H,2-3,6H2,1H3,(H,9,12). The van der Waals surface area contributed by atoms with Gasteiger partial charge in [0.05, 0.1) is 0 Å². The number of nitrogens with one attached hydrogen (secondary N) is 1. The van der Waals surface area contributed by atoms with Crippen LogP contribution in [0.4, 0.5) is 0 Å². The molecule has 1 aromatic rings. The van der Waals surface area contributed by atoms with Crippen molar-refractivity contribution in [3.05, 3.63) is 33.1 Å². The molecular weight excluding hydrogens is 156 g/mol. The Bertz CT molecular complexity index is 322. The van der Waals surface area contributed by atoms with Crippen molar-refractivity contribution in [2.24, 2.45) is 0 Å². The van der Waals surface area contributed by atoms with E-state index in [0.29, 0.717) is 6.54 Å². The van der Waals surface area contributed by atoms with E-state index in [0.717, 1.165) is 12.8 Å². The van der Waals surface area contributed by atoms with Crippen LogP contribution in [0.2, 0.25) is 0 Å². The van der Waals surface area contributed by atoms with Gasteiger partial charge in [-0.05, 0) is 6.42 Å². The molecule has 0 aromatic carbocycles. The maximum atomic E-state index is 11.1. The third-order valence-corrected chi connectivity index (χ3v) is 1.68. The molecule has 0 saturated heterocycles. The molecule has 0 atom stereocenters. The monoisotopic (exact) mass is 168 g/mol. The maximum absolute atomic E-state index is 11.1. The third-order valence-electron chi connectivity index (χ3n) is 1.68. The fraction of sp³-hybridized carbons (Fsp3) is 0.500. The summed E-state index contributed by atoms with van der Waals surface area (Å²) in [6.45, 7) is 2.52. The molecule has 12 heavy (non-hydrogen) atoms. The summed E-state index contributed by atoms with van der Waals surface area (Å²) in [7, 11) is 0. The van der Waals surface area contributed by atoms with E-state index in [4.69, 9.17) is 0 Å². The first-order valence-electron chi connectivity index (χ1n) is 4.04. The summed E-state index contributed by atoms with van der Waals surface area (Å²) in [6, 6.07) is 1.36. The molecular formula is C8H12N2O2. The summed E-state index contributed by atoms with van der Waals surface area (Å²) in [4.78, 5) is 24.6. The zero-order valence-corrected chi connectivity index (χ0v) is 7.04. The molecule has 66 valence electrons. The van der Waals surface area contributed by atoms with Crippen LogP contribution in [0.1, 0.15) is 19.8 Å². The van der Waals surface area contributed by atoms with Crippen LogP contribution in [0, 0.1) is 0 Å². The van der Waals surface area contributed by atoms with Crippen LogP contribution >= 0.6 is 0 Å². The average Bonchev–Trinajstić information content (AvgIpc) is 2.04. The van der Waals surface area contributed by atoms with Crippen molar-refractivity contribution in [3.63, 3.8) is 0 Å². The van der Waals surface area contributed by atoms with E-state index in [1.807, 2.05) is 6.92 Å². The van der Waals surface area contributed by atoms with Crippen molar-refractivity contribution in [2.45, 2.75) is 26.3 Å². The fourth-order valence-electron chi connectivity index (χ4n) is 0.980. The van der Waals surface area contributed by atoms with E-state index in [-0.39, 0.29) is 11.2 Å². The lowest BCUT2D eigenvalue weighted by Crippen LogP contribution is -2.33. The quantitative estimate of drug-likeness (QED) is 0.707. The molecule has 0 amide bonds. The van der Waals surface area contributed by atoms with Crippen LogP contribution in [0.25, 0.3) is 0 Å².